The van der Waals surface area contributed by atoms with Crippen molar-refractivity contribution in [2.24, 2.45) is 4.99 Å². The highest BCUT2D eigenvalue weighted by molar-refractivity contribution is 5.79. The highest BCUT2D eigenvalue weighted by Crippen LogP contribution is 2.26. The number of aromatic nitrogens is 1. The van der Waals surface area contributed by atoms with E-state index in [1.54, 1.807) is 6.92 Å². The molecule has 2 aromatic heterocycles. The molecule has 2 aromatic rings. The predicted octanol–water partition coefficient (Wildman–Crippen LogP) is 3.63. The number of anilines is 1. The van der Waals surface area contributed by atoms with E-state index in [0.29, 0.717) is 19.0 Å². The number of nitrogens with one attached hydrogen (secondary N) is 2. The molecular formula is C24H37N5O2. The number of aliphatic imine (C=N–C) groups is 1. The molecule has 1 fully saturated rings. The molecular weight excluding hydrogens is 390 g/mol. The average Bonchev–Trinajstić information content (AvgIpc) is 2.94. The summed E-state index contributed by atoms with van der Waals surface area (Å²) >= 11 is 0. The predicted molar refractivity (Wildman–Crippen MR) is 125 cm³/mol. The Kier molecular flexibility index (Phi) is 7.96. The van der Waals surface area contributed by atoms with Crippen LogP contribution in [0.2, 0.25) is 0 Å². The van der Waals surface area contributed by atoms with Crippen molar-refractivity contribution in [3.63, 3.8) is 0 Å². The van der Waals surface area contributed by atoms with Crippen LogP contribution in [0.1, 0.15) is 62.2 Å². The zero-order valence-electron chi connectivity index (χ0n) is 19.4. The largest absolute Gasteiger partial charge is 0.466 e. The summed E-state index contributed by atoms with van der Waals surface area (Å²) in [6.45, 7) is 11.3. The van der Waals surface area contributed by atoms with Gasteiger partial charge in [0, 0.05) is 31.4 Å². The van der Waals surface area contributed by atoms with Crippen LogP contribution in [0.15, 0.2) is 33.8 Å². The minimum Gasteiger partial charge on any atom is -0.466 e. The molecule has 1 atom stereocenters. The molecule has 3 N–H and O–H groups in total. The molecule has 7 heteroatoms. The Hall–Kier alpha value is -2.54. The van der Waals surface area contributed by atoms with Gasteiger partial charge in [-0.05, 0) is 58.2 Å². The molecule has 3 rings (SSSR count). The summed E-state index contributed by atoms with van der Waals surface area (Å²) in [5, 5.41) is 17.4. The van der Waals surface area contributed by atoms with Crippen LogP contribution in [0.3, 0.4) is 0 Å². The molecule has 0 saturated carbocycles. The second-order valence-corrected chi connectivity index (χ2v) is 8.58. The summed E-state index contributed by atoms with van der Waals surface area (Å²) in [6, 6.07) is 6.10. The number of rotatable bonds is 7. The van der Waals surface area contributed by atoms with Gasteiger partial charge >= 0.3 is 0 Å². The van der Waals surface area contributed by atoms with E-state index in [4.69, 9.17) is 4.42 Å². The van der Waals surface area contributed by atoms with E-state index < -0.39 is 5.60 Å². The van der Waals surface area contributed by atoms with Crippen molar-refractivity contribution in [1.29, 1.82) is 0 Å². The van der Waals surface area contributed by atoms with Crippen LogP contribution in [-0.4, -0.2) is 42.2 Å². The van der Waals surface area contributed by atoms with Gasteiger partial charge in [0.05, 0.1) is 13.1 Å². The first-order valence-corrected chi connectivity index (χ1v) is 11.4. The normalized spacial score (nSPS) is 17.2. The Morgan fingerprint density at radius 3 is 2.52 bits per heavy atom. The number of hydrogen-bond acceptors (Lipinski definition) is 5. The van der Waals surface area contributed by atoms with Crippen molar-refractivity contribution < 1.29 is 9.52 Å². The third-order valence-electron chi connectivity index (χ3n) is 5.72. The number of furan rings is 1. The van der Waals surface area contributed by atoms with E-state index >= 15 is 0 Å². The standard InChI is InChI=1S/C24H37N5O2/c1-5-25-23(28-17-24(4,30)21-14-18(2)31-19(21)3)27-16-20-10-11-22(26-15-20)29-12-8-6-7-9-13-29/h10-11,14-15,30H,5-9,12-13,16-17H2,1-4H3,(H2,25,27,28). The summed E-state index contributed by atoms with van der Waals surface area (Å²) in [6.07, 6.45) is 7.04. The summed E-state index contributed by atoms with van der Waals surface area (Å²) in [4.78, 5) is 11.7. The number of nitrogens with zero attached hydrogens (tertiary/aromatic N) is 3. The molecule has 1 aliphatic rings. The van der Waals surface area contributed by atoms with Gasteiger partial charge in [0.2, 0.25) is 0 Å². The maximum absolute atomic E-state index is 10.9. The van der Waals surface area contributed by atoms with E-state index in [1.165, 1.54) is 25.7 Å². The van der Waals surface area contributed by atoms with Gasteiger partial charge in [0.25, 0.3) is 0 Å². The molecule has 0 amide bonds. The molecule has 0 bridgehead atoms. The molecule has 3 heterocycles. The van der Waals surface area contributed by atoms with Crippen molar-refractivity contribution >= 4 is 11.8 Å². The Bertz CT molecular complexity index is 849. The van der Waals surface area contributed by atoms with E-state index in [2.05, 4.69) is 37.6 Å². The molecule has 7 nitrogen and oxygen atoms in total. The van der Waals surface area contributed by atoms with Gasteiger partial charge in [-0.3, -0.25) is 0 Å². The van der Waals surface area contributed by atoms with Crippen LogP contribution in [0.5, 0.6) is 0 Å². The molecule has 0 aliphatic carbocycles. The lowest BCUT2D eigenvalue weighted by Gasteiger charge is -2.24. The first-order valence-electron chi connectivity index (χ1n) is 11.4. The molecule has 170 valence electrons. The second-order valence-electron chi connectivity index (χ2n) is 8.58. The Morgan fingerprint density at radius 1 is 1.19 bits per heavy atom. The van der Waals surface area contributed by atoms with Crippen LogP contribution < -0.4 is 15.5 Å². The van der Waals surface area contributed by atoms with Crippen molar-refractivity contribution in [2.75, 3.05) is 31.1 Å². The third kappa shape index (κ3) is 6.47. The lowest BCUT2D eigenvalue weighted by Crippen LogP contribution is -2.44. The highest BCUT2D eigenvalue weighted by atomic mass is 16.3. The molecule has 0 spiro atoms. The highest BCUT2D eigenvalue weighted by Gasteiger charge is 2.27. The molecule has 1 unspecified atom stereocenters. The van der Waals surface area contributed by atoms with E-state index in [9.17, 15) is 5.11 Å². The summed E-state index contributed by atoms with van der Waals surface area (Å²) in [5.74, 6) is 3.25. The van der Waals surface area contributed by atoms with Crippen molar-refractivity contribution in [3.8, 4) is 0 Å². The van der Waals surface area contributed by atoms with Gasteiger partial charge in [-0.1, -0.05) is 18.9 Å². The number of pyridine rings is 1. The van der Waals surface area contributed by atoms with Crippen LogP contribution in [0.4, 0.5) is 5.82 Å². The van der Waals surface area contributed by atoms with Gasteiger partial charge < -0.3 is 25.1 Å². The molecule has 0 radical (unpaired) electrons. The van der Waals surface area contributed by atoms with Crippen molar-refractivity contribution in [1.82, 2.24) is 15.6 Å². The maximum Gasteiger partial charge on any atom is 0.191 e. The quantitative estimate of drug-likeness (QED) is 0.462. The summed E-state index contributed by atoms with van der Waals surface area (Å²) in [5.41, 5.74) is 0.791. The van der Waals surface area contributed by atoms with Gasteiger partial charge in [-0.25, -0.2) is 9.98 Å². The van der Waals surface area contributed by atoms with Crippen molar-refractivity contribution in [3.05, 3.63) is 47.0 Å². The van der Waals surface area contributed by atoms with Crippen LogP contribution in [0, 0.1) is 13.8 Å². The zero-order chi connectivity index (χ0) is 22.3. The number of guanidine groups is 1. The lowest BCUT2D eigenvalue weighted by atomic mass is 9.96. The van der Waals surface area contributed by atoms with Gasteiger partial charge in [0.1, 0.15) is 22.9 Å². The number of aryl methyl sites for hydroxylation is 2. The maximum atomic E-state index is 10.9. The topological polar surface area (TPSA) is 85.9 Å². The fraction of sp³-hybridized carbons (Fsp3) is 0.583. The minimum absolute atomic E-state index is 0.324. The SMILES string of the molecule is CCNC(=NCc1ccc(N2CCCCCC2)nc1)NCC(C)(O)c1cc(C)oc1C. The summed E-state index contributed by atoms with van der Waals surface area (Å²) < 4.78 is 5.58. The monoisotopic (exact) mass is 427 g/mol. The number of aliphatic hydroxyl groups is 1. The fourth-order valence-electron chi connectivity index (χ4n) is 4.03. The van der Waals surface area contributed by atoms with E-state index in [-0.39, 0.29) is 0 Å². The smallest absolute Gasteiger partial charge is 0.191 e. The molecule has 1 saturated heterocycles. The van der Waals surface area contributed by atoms with E-state index in [0.717, 1.165) is 48.1 Å². The Balaban J connectivity index is 1.60. The first-order chi connectivity index (χ1) is 14.9. The average molecular weight is 428 g/mol. The molecule has 0 aromatic carbocycles. The molecule has 31 heavy (non-hydrogen) atoms. The van der Waals surface area contributed by atoms with Crippen molar-refractivity contribution in [2.45, 2.75) is 65.5 Å². The fourth-order valence-corrected chi connectivity index (χ4v) is 4.03. The molecule has 1 aliphatic heterocycles. The third-order valence-corrected chi connectivity index (χ3v) is 5.72. The van der Waals surface area contributed by atoms with Gasteiger partial charge in [0.15, 0.2) is 5.96 Å². The van der Waals surface area contributed by atoms with Crippen LogP contribution in [0.25, 0.3) is 0 Å². The van der Waals surface area contributed by atoms with Gasteiger partial charge in [-0.2, -0.15) is 0 Å². The second kappa shape index (κ2) is 10.7. The lowest BCUT2D eigenvalue weighted by molar-refractivity contribution is 0.0601. The summed E-state index contributed by atoms with van der Waals surface area (Å²) in [7, 11) is 0. The number of hydrogen-bond donors (Lipinski definition) is 3. The van der Waals surface area contributed by atoms with Crippen LogP contribution >= 0.6 is 0 Å². The Labute approximate surface area is 186 Å². The minimum atomic E-state index is -1.06. The zero-order valence-corrected chi connectivity index (χ0v) is 19.4. The first kappa shape index (κ1) is 23.1. The Morgan fingerprint density at radius 2 is 1.94 bits per heavy atom. The van der Waals surface area contributed by atoms with Gasteiger partial charge in [-0.15, -0.1) is 0 Å². The van der Waals surface area contributed by atoms with E-state index in [1.807, 2.05) is 33.0 Å². The van der Waals surface area contributed by atoms with Crippen LogP contribution in [-0.2, 0) is 12.1 Å².